The lowest BCUT2D eigenvalue weighted by Crippen LogP contribution is -2.28. The molecule has 1 aromatic heterocycles. The van der Waals surface area contributed by atoms with Crippen LogP contribution in [0.2, 0.25) is 0 Å². The Hall–Kier alpha value is -3.49. The van der Waals surface area contributed by atoms with Crippen molar-refractivity contribution in [1.82, 2.24) is 9.88 Å². The van der Waals surface area contributed by atoms with Gasteiger partial charge in [0.25, 0.3) is 5.91 Å². The number of ether oxygens (including phenoxy) is 2. The van der Waals surface area contributed by atoms with Crippen LogP contribution in [0.15, 0.2) is 60.7 Å². The molecule has 0 saturated heterocycles. The van der Waals surface area contributed by atoms with Gasteiger partial charge in [-0.2, -0.15) is 0 Å². The monoisotopic (exact) mass is 492 g/mol. The molecule has 1 N–H and O–H groups in total. The van der Waals surface area contributed by atoms with Gasteiger partial charge < -0.3 is 19.5 Å². The minimum Gasteiger partial charge on any atom is -0.493 e. The molecule has 2 unspecified atom stereocenters. The van der Waals surface area contributed by atoms with Gasteiger partial charge in [-0.15, -0.1) is 11.3 Å². The molecule has 0 bridgehead atoms. The van der Waals surface area contributed by atoms with Crippen LogP contribution in [0.1, 0.15) is 32.6 Å². The highest BCUT2D eigenvalue weighted by molar-refractivity contribution is 7.18. The van der Waals surface area contributed by atoms with Crippen molar-refractivity contribution in [2.75, 3.05) is 20.7 Å². The summed E-state index contributed by atoms with van der Waals surface area (Å²) in [7, 11) is 3.45. The van der Waals surface area contributed by atoms with Crippen molar-refractivity contribution in [1.29, 1.82) is 0 Å². The van der Waals surface area contributed by atoms with Crippen LogP contribution in [0.4, 0.5) is 4.39 Å². The second kappa shape index (κ2) is 9.64. The number of aliphatic hydroxyl groups is 1. The van der Waals surface area contributed by atoms with E-state index in [0.29, 0.717) is 41.2 Å². The summed E-state index contributed by atoms with van der Waals surface area (Å²) in [5.74, 6) is 0.688. The van der Waals surface area contributed by atoms with Crippen LogP contribution in [0.25, 0.3) is 10.2 Å². The molecule has 0 saturated carbocycles. The van der Waals surface area contributed by atoms with E-state index in [1.807, 2.05) is 18.2 Å². The molecular formula is C27H25FN2O4S. The smallest absolute Gasteiger partial charge is 0.253 e. The van der Waals surface area contributed by atoms with Gasteiger partial charge in [-0.25, -0.2) is 9.37 Å². The van der Waals surface area contributed by atoms with Crippen molar-refractivity contribution in [3.63, 3.8) is 0 Å². The zero-order valence-corrected chi connectivity index (χ0v) is 20.2. The Morgan fingerprint density at radius 1 is 1.20 bits per heavy atom. The molecule has 1 aliphatic rings. The number of aliphatic hydroxyl groups excluding tert-OH is 1. The SMILES string of the molecule is CN(C)C(=O)c1cccc(CC2COc3ccc(OCc4nc5cc(F)ccc5s4)cc3C2O)c1. The summed E-state index contributed by atoms with van der Waals surface area (Å²) in [4.78, 5) is 18.3. The molecule has 35 heavy (non-hydrogen) atoms. The zero-order valence-electron chi connectivity index (χ0n) is 19.4. The molecule has 6 nitrogen and oxygen atoms in total. The maximum absolute atomic E-state index is 13.4. The van der Waals surface area contributed by atoms with E-state index in [1.54, 1.807) is 49.3 Å². The second-order valence-corrected chi connectivity index (χ2v) is 9.94. The van der Waals surface area contributed by atoms with Crippen LogP contribution in [0.3, 0.4) is 0 Å². The van der Waals surface area contributed by atoms with E-state index in [2.05, 4.69) is 4.98 Å². The summed E-state index contributed by atoms with van der Waals surface area (Å²) < 4.78 is 26.2. The standard InChI is InChI=1S/C27H25FN2O4S/c1-30(2)27(32)17-5-3-4-16(10-17)11-18-14-34-23-8-7-20(13-21(23)26(18)31)33-15-25-29-22-12-19(28)6-9-24(22)35-25/h3-10,12-13,18,26,31H,11,14-15H2,1-2H3. The first-order valence-electron chi connectivity index (χ1n) is 11.3. The topological polar surface area (TPSA) is 71.9 Å². The van der Waals surface area contributed by atoms with Gasteiger partial charge in [0, 0.05) is 37.2 Å². The summed E-state index contributed by atoms with van der Waals surface area (Å²) in [5.41, 5.74) is 2.87. The summed E-state index contributed by atoms with van der Waals surface area (Å²) in [6, 6.07) is 17.4. The van der Waals surface area contributed by atoms with Gasteiger partial charge >= 0.3 is 0 Å². The average molecular weight is 493 g/mol. The third kappa shape index (κ3) is 4.99. The van der Waals surface area contributed by atoms with Crippen LogP contribution in [-0.2, 0) is 13.0 Å². The number of nitrogens with zero attached hydrogens (tertiary/aromatic N) is 2. The number of hydrogen-bond acceptors (Lipinski definition) is 6. The molecule has 180 valence electrons. The van der Waals surface area contributed by atoms with E-state index in [-0.39, 0.29) is 24.2 Å². The minimum absolute atomic E-state index is 0.0577. The molecular weight excluding hydrogens is 467 g/mol. The van der Waals surface area contributed by atoms with E-state index in [0.717, 1.165) is 15.3 Å². The Labute approximate surface area is 206 Å². The zero-order chi connectivity index (χ0) is 24.5. The fraction of sp³-hybridized carbons (Fsp3) is 0.259. The van der Waals surface area contributed by atoms with Crippen LogP contribution in [-0.4, -0.2) is 41.6 Å². The van der Waals surface area contributed by atoms with E-state index in [4.69, 9.17) is 9.47 Å². The number of carbonyl (C=O) groups excluding carboxylic acids is 1. The number of thiazole rings is 1. The Kier molecular flexibility index (Phi) is 6.40. The number of rotatable bonds is 6. The predicted molar refractivity (Wildman–Crippen MR) is 132 cm³/mol. The minimum atomic E-state index is -0.735. The maximum Gasteiger partial charge on any atom is 0.253 e. The molecule has 2 atom stereocenters. The predicted octanol–water partition coefficient (Wildman–Crippen LogP) is 5.00. The highest BCUT2D eigenvalue weighted by Crippen LogP contribution is 2.39. The lowest BCUT2D eigenvalue weighted by molar-refractivity contribution is 0.0504. The number of carbonyl (C=O) groups is 1. The van der Waals surface area contributed by atoms with E-state index < -0.39 is 6.10 Å². The largest absolute Gasteiger partial charge is 0.493 e. The number of hydrogen-bond donors (Lipinski definition) is 1. The highest BCUT2D eigenvalue weighted by Gasteiger charge is 2.30. The molecule has 0 aliphatic carbocycles. The Morgan fingerprint density at radius 2 is 2.06 bits per heavy atom. The normalized spacial score (nSPS) is 17.0. The number of fused-ring (bicyclic) bond motifs is 2. The molecule has 0 radical (unpaired) electrons. The second-order valence-electron chi connectivity index (χ2n) is 8.83. The van der Waals surface area contributed by atoms with Crippen molar-refractivity contribution >= 4 is 27.5 Å². The molecule has 1 aliphatic heterocycles. The van der Waals surface area contributed by atoms with Gasteiger partial charge in [-0.05, 0) is 54.4 Å². The Morgan fingerprint density at radius 3 is 2.89 bits per heavy atom. The van der Waals surface area contributed by atoms with Crippen molar-refractivity contribution in [3.8, 4) is 11.5 Å². The van der Waals surface area contributed by atoms with Crippen LogP contribution in [0, 0.1) is 11.7 Å². The van der Waals surface area contributed by atoms with Gasteiger partial charge in [-0.3, -0.25) is 4.79 Å². The van der Waals surface area contributed by atoms with E-state index in [9.17, 15) is 14.3 Å². The van der Waals surface area contributed by atoms with Gasteiger partial charge in [0.2, 0.25) is 0 Å². The van der Waals surface area contributed by atoms with Gasteiger partial charge in [-0.1, -0.05) is 12.1 Å². The molecule has 4 aromatic rings. The molecule has 0 fully saturated rings. The van der Waals surface area contributed by atoms with Crippen molar-refractivity contribution in [2.24, 2.45) is 5.92 Å². The lowest BCUT2D eigenvalue weighted by atomic mass is 9.87. The quantitative estimate of drug-likeness (QED) is 0.410. The Balaban J connectivity index is 1.29. The number of halogens is 1. The fourth-order valence-corrected chi connectivity index (χ4v) is 5.10. The first-order valence-corrected chi connectivity index (χ1v) is 12.1. The van der Waals surface area contributed by atoms with Gasteiger partial charge in [0.05, 0.1) is 22.9 Å². The van der Waals surface area contributed by atoms with Crippen molar-refractivity contribution in [2.45, 2.75) is 19.1 Å². The van der Waals surface area contributed by atoms with Crippen molar-refractivity contribution < 1.29 is 23.8 Å². The third-order valence-electron chi connectivity index (χ3n) is 6.03. The molecule has 2 heterocycles. The number of aromatic nitrogens is 1. The molecule has 1 amide bonds. The fourth-order valence-electron chi connectivity index (χ4n) is 4.24. The first kappa shape index (κ1) is 23.3. The molecule has 8 heteroatoms. The van der Waals surface area contributed by atoms with Crippen LogP contribution in [0.5, 0.6) is 11.5 Å². The molecule has 3 aromatic carbocycles. The third-order valence-corrected chi connectivity index (χ3v) is 7.04. The van der Waals surface area contributed by atoms with E-state index >= 15 is 0 Å². The summed E-state index contributed by atoms with van der Waals surface area (Å²) >= 11 is 1.46. The number of amides is 1. The summed E-state index contributed by atoms with van der Waals surface area (Å²) in [6.07, 6.45) is -0.163. The Bertz CT molecular complexity index is 1390. The van der Waals surface area contributed by atoms with Gasteiger partial charge in [0.15, 0.2) is 0 Å². The average Bonchev–Trinajstić information content (AvgIpc) is 3.26. The lowest BCUT2D eigenvalue weighted by Gasteiger charge is -2.30. The summed E-state index contributed by atoms with van der Waals surface area (Å²) in [6.45, 7) is 0.620. The van der Waals surface area contributed by atoms with Crippen LogP contribution >= 0.6 is 11.3 Å². The first-order chi connectivity index (χ1) is 16.9. The summed E-state index contributed by atoms with van der Waals surface area (Å²) in [5, 5.41) is 11.9. The molecule has 0 spiro atoms. The van der Waals surface area contributed by atoms with Gasteiger partial charge in [0.1, 0.15) is 28.9 Å². The molecule has 5 rings (SSSR count). The highest BCUT2D eigenvalue weighted by atomic mass is 32.1. The maximum atomic E-state index is 13.4. The van der Waals surface area contributed by atoms with E-state index in [1.165, 1.54) is 23.5 Å². The van der Waals surface area contributed by atoms with Crippen molar-refractivity contribution in [3.05, 3.63) is 88.2 Å². The number of benzene rings is 3. The van der Waals surface area contributed by atoms with Crippen LogP contribution < -0.4 is 9.47 Å².